The Balaban J connectivity index is 1.49. The molecule has 0 fully saturated rings. The van der Waals surface area contributed by atoms with Crippen LogP contribution in [-0.2, 0) is 42.1 Å². The molecule has 1 aliphatic heterocycles. The second kappa shape index (κ2) is 6.49. The van der Waals surface area contributed by atoms with Crippen molar-refractivity contribution in [3.63, 3.8) is 0 Å². The number of halogens is 2. The van der Waals surface area contributed by atoms with Crippen LogP contribution in [0.4, 0.5) is 19.3 Å². The van der Waals surface area contributed by atoms with Crippen molar-refractivity contribution in [2.24, 2.45) is 9.50 Å². The molecule has 0 saturated carbocycles. The molecule has 11 heteroatoms. The molecule has 2 aliphatic carbocycles. The third-order valence-corrected chi connectivity index (χ3v) is 7.26. The maximum absolute atomic E-state index is 14.1. The lowest BCUT2D eigenvalue weighted by Gasteiger charge is -2.16. The summed E-state index contributed by atoms with van der Waals surface area (Å²) in [5.74, 6) is -2.63. The van der Waals surface area contributed by atoms with E-state index in [1.54, 1.807) is 0 Å². The molecule has 0 saturated heterocycles. The van der Waals surface area contributed by atoms with Gasteiger partial charge < -0.3 is 10.1 Å². The van der Waals surface area contributed by atoms with Crippen molar-refractivity contribution in [1.82, 2.24) is 9.78 Å². The van der Waals surface area contributed by atoms with Gasteiger partial charge in [0.25, 0.3) is 5.92 Å². The number of aryl methyl sites for hydroxylation is 1. The number of alkyl halides is 2. The van der Waals surface area contributed by atoms with E-state index in [4.69, 9.17) is 9.88 Å². The minimum Gasteiger partial charge on any atom is -0.469 e. The predicted molar refractivity (Wildman–Crippen MR) is 110 cm³/mol. The topological polar surface area (TPSA) is 112 Å². The Morgan fingerprint density at radius 3 is 2.84 bits per heavy atom. The number of rotatable bonds is 2. The lowest BCUT2D eigenvalue weighted by molar-refractivity contribution is 0.0131. The summed E-state index contributed by atoms with van der Waals surface area (Å²) in [5, 5.41) is 12.6. The molecule has 1 unspecified atom stereocenters. The number of anilines is 1. The molecule has 1 aromatic heterocycles. The molecule has 0 spiro atoms. The molecule has 1 aromatic carbocycles. The van der Waals surface area contributed by atoms with Gasteiger partial charge >= 0.3 is 6.03 Å². The van der Waals surface area contributed by atoms with Crippen molar-refractivity contribution >= 4 is 21.6 Å². The highest BCUT2D eigenvalue weighted by molar-refractivity contribution is 7.91. The monoisotopic (exact) mass is 451 g/mol. The van der Waals surface area contributed by atoms with Crippen LogP contribution in [0.1, 0.15) is 42.5 Å². The number of urea groups is 1. The molecule has 0 bridgehead atoms. The van der Waals surface area contributed by atoms with Crippen molar-refractivity contribution < 1.29 is 22.5 Å². The molecule has 0 radical (unpaired) electrons. The number of hydrogen-bond donors (Lipinski definition) is 2. The van der Waals surface area contributed by atoms with Gasteiger partial charge in [-0.25, -0.2) is 27.6 Å². The molecule has 2 amide bonds. The molecule has 2 heterocycles. The van der Waals surface area contributed by atoms with Gasteiger partial charge in [-0.05, 0) is 55.4 Å². The molecule has 5 rings (SSSR count). The first-order chi connectivity index (χ1) is 14.4. The lowest BCUT2D eigenvalue weighted by atomic mass is 9.99. The normalized spacial score (nSPS) is 21.6. The van der Waals surface area contributed by atoms with E-state index in [-0.39, 0.29) is 17.2 Å². The summed E-state index contributed by atoms with van der Waals surface area (Å²) in [5.41, 5.74) is 2.59. The summed E-state index contributed by atoms with van der Waals surface area (Å²) in [6, 6.07) is 0.884. The Bertz CT molecular complexity index is 1240. The van der Waals surface area contributed by atoms with Crippen LogP contribution in [0.15, 0.2) is 21.5 Å². The zero-order valence-corrected chi connectivity index (χ0v) is 18.0. The van der Waals surface area contributed by atoms with Crippen molar-refractivity contribution in [3.05, 3.63) is 34.5 Å². The number of benzene rings is 1. The molecular weight excluding hydrogens is 428 g/mol. The Labute approximate surface area is 178 Å². The minimum absolute atomic E-state index is 0.0308. The van der Waals surface area contributed by atoms with E-state index in [0.717, 1.165) is 24.0 Å². The number of carbonyl (C=O) groups excluding carboxylic acids is 1. The zero-order chi connectivity index (χ0) is 22.2. The Kier molecular flexibility index (Phi) is 4.26. The third-order valence-electron chi connectivity index (χ3n) is 5.91. The van der Waals surface area contributed by atoms with Crippen LogP contribution in [-0.4, -0.2) is 31.5 Å². The van der Waals surface area contributed by atoms with Gasteiger partial charge in [-0.3, -0.25) is 0 Å². The van der Waals surface area contributed by atoms with Crippen LogP contribution in [0.25, 0.3) is 0 Å². The number of carbonyl (C=O) groups is 1. The number of nitrogens with two attached hydrogens (primary N) is 1. The number of aromatic nitrogens is 2. The second-order valence-electron chi connectivity index (χ2n) is 9.01. The third kappa shape index (κ3) is 3.49. The number of nitrogens with zero attached hydrogens (tertiary/aromatic N) is 3. The van der Waals surface area contributed by atoms with Gasteiger partial charge in [0.1, 0.15) is 10.5 Å². The second-order valence-corrected chi connectivity index (χ2v) is 10.8. The summed E-state index contributed by atoms with van der Waals surface area (Å²) >= 11 is 0. The first kappa shape index (κ1) is 20.4. The smallest absolute Gasteiger partial charge is 0.354 e. The standard InChI is InChI=1S/C20H23F2N5O3S/c1-19(2)10-27-17(30-19)15(9-24-27)31(23,29)26-18(28)25-16-13-5-3-4-11(13)6-12-7-20(21,22)8-14(12)16/h6,9H,3-5,7-8,10H2,1-2H3,(H3,23,25,26,28,29). The van der Waals surface area contributed by atoms with Gasteiger partial charge in [0.05, 0.1) is 12.7 Å². The molecule has 3 aliphatic rings. The maximum atomic E-state index is 14.1. The summed E-state index contributed by atoms with van der Waals surface area (Å²) < 4.78 is 52.2. The van der Waals surface area contributed by atoms with E-state index in [1.807, 2.05) is 19.9 Å². The highest BCUT2D eigenvalue weighted by atomic mass is 32.2. The van der Waals surface area contributed by atoms with E-state index < -0.39 is 33.9 Å². The minimum atomic E-state index is -3.66. The Hall–Kier alpha value is -2.53. The number of ether oxygens (including phenoxy) is 1. The van der Waals surface area contributed by atoms with Gasteiger partial charge in [-0.2, -0.15) is 5.10 Å². The van der Waals surface area contributed by atoms with Gasteiger partial charge in [-0.15, -0.1) is 4.36 Å². The highest BCUT2D eigenvalue weighted by Gasteiger charge is 2.41. The Morgan fingerprint density at radius 1 is 1.29 bits per heavy atom. The SMILES string of the molecule is CC1(C)Cn2ncc(S(N)(=O)=NC(=O)Nc3c4c(cc5c3CC(F)(F)C5)CCC4)c2O1. The summed E-state index contributed by atoms with van der Waals surface area (Å²) in [6.45, 7) is 4.14. The van der Waals surface area contributed by atoms with Gasteiger partial charge in [-0.1, -0.05) is 6.07 Å². The average molecular weight is 451 g/mol. The highest BCUT2D eigenvalue weighted by Crippen LogP contribution is 2.43. The number of nitrogens with one attached hydrogen (secondary N) is 1. The van der Waals surface area contributed by atoms with E-state index >= 15 is 0 Å². The van der Waals surface area contributed by atoms with Crippen LogP contribution >= 0.6 is 0 Å². The van der Waals surface area contributed by atoms with E-state index in [9.17, 15) is 17.8 Å². The summed E-state index contributed by atoms with van der Waals surface area (Å²) in [4.78, 5) is 12.8. The first-order valence-electron chi connectivity index (χ1n) is 10.1. The number of fused-ring (bicyclic) bond motifs is 3. The first-order valence-corrected chi connectivity index (χ1v) is 11.7. The largest absolute Gasteiger partial charge is 0.469 e. The van der Waals surface area contributed by atoms with Crippen LogP contribution in [0.5, 0.6) is 5.88 Å². The predicted octanol–water partition coefficient (Wildman–Crippen LogP) is 3.21. The van der Waals surface area contributed by atoms with Crippen molar-refractivity contribution in [2.45, 2.75) is 68.9 Å². The van der Waals surface area contributed by atoms with Crippen LogP contribution in [0.2, 0.25) is 0 Å². The van der Waals surface area contributed by atoms with Gasteiger partial charge in [0.15, 0.2) is 9.92 Å². The fourth-order valence-electron chi connectivity index (χ4n) is 4.69. The zero-order valence-electron chi connectivity index (χ0n) is 17.2. The maximum Gasteiger partial charge on any atom is 0.354 e. The van der Waals surface area contributed by atoms with E-state index in [1.165, 1.54) is 10.9 Å². The fourth-order valence-corrected chi connectivity index (χ4v) is 5.68. The molecular formula is C20H23F2N5O3S. The molecule has 31 heavy (non-hydrogen) atoms. The van der Waals surface area contributed by atoms with Crippen molar-refractivity contribution in [1.29, 1.82) is 0 Å². The average Bonchev–Trinajstić information content (AvgIpc) is 3.34. The molecule has 166 valence electrons. The van der Waals surface area contributed by atoms with Gasteiger partial charge in [0, 0.05) is 18.5 Å². The fraction of sp³-hybridized carbons (Fsp3) is 0.500. The van der Waals surface area contributed by atoms with E-state index in [2.05, 4.69) is 14.8 Å². The number of hydrogen-bond acceptors (Lipinski definition) is 4. The van der Waals surface area contributed by atoms with Crippen LogP contribution in [0.3, 0.4) is 0 Å². The molecule has 8 nitrogen and oxygen atoms in total. The van der Waals surface area contributed by atoms with Crippen LogP contribution < -0.4 is 15.2 Å². The van der Waals surface area contributed by atoms with Crippen molar-refractivity contribution in [3.8, 4) is 5.88 Å². The lowest BCUT2D eigenvalue weighted by Crippen LogP contribution is -2.27. The van der Waals surface area contributed by atoms with Crippen molar-refractivity contribution in [2.75, 3.05) is 5.32 Å². The molecule has 2 aromatic rings. The quantitative estimate of drug-likeness (QED) is 0.730. The van der Waals surface area contributed by atoms with Gasteiger partial charge in [0.2, 0.25) is 5.88 Å². The Morgan fingerprint density at radius 2 is 2.06 bits per heavy atom. The summed E-state index contributed by atoms with van der Waals surface area (Å²) in [7, 11) is -3.66. The number of amides is 2. The molecule has 3 N–H and O–H groups in total. The molecule has 1 atom stereocenters. The van der Waals surface area contributed by atoms with E-state index in [0.29, 0.717) is 29.8 Å². The van der Waals surface area contributed by atoms with Crippen LogP contribution in [0, 0.1) is 0 Å². The summed E-state index contributed by atoms with van der Waals surface area (Å²) in [6.07, 6.45) is 2.83.